The molecule has 0 aliphatic heterocycles. The molecule has 3 heterocycles. The van der Waals surface area contributed by atoms with Gasteiger partial charge < -0.3 is 5.32 Å². The van der Waals surface area contributed by atoms with Crippen molar-refractivity contribution < 1.29 is 4.79 Å². The monoisotopic (exact) mass is 385 g/mol. The molecule has 0 saturated carbocycles. The minimum absolute atomic E-state index is 0.411. The second-order valence-corrected chi connectivity index (χ2v) is 5.77. The smallest absolute Gasteiger partial charge is 0.181 e. The molecule has 0 fully saturated rings. The fourth-order valence-corrected chi connectivity index (χ4v) is 2.81. The number of fused-ring (bicyclic) bond motifs is 1. The molecule has 0 saturated heterocycles. The van der Waals surface area contributed by atoms with Crippen LogP contribution in [-0.2, 0) is 0 Å². The largest absolute Gasteiger partial charge is 0.328 e. The summed E-state index contributed by atoms with van der Waals surface area (Å²) in [5.74, 6) is 0.656. The number of aldehydes is 1. The van der Waals surface area contributed by atoms with Crippen molar-refractivity contribution in [3.05, 3.63) is 33.5 Å². The Morgan fingerprint density at radius 2 is 2.37 bits per heavy atom. The molecular formula is C11H8IN5OS. The van der Waals surface area contributed by atoms with Gasteiger partial charge in [-0.3, -0.25) is 9.20 Å². The number of rotatable bonds is 3. The highest BCUT2D eigenvalue weighted by Crippen LogP contribution is 2.24. The fourth-order valence-electron chi connectivity index (χ4n) is 1.68. The van der Waals surface area contributed by atoms with Gasteiger partial charge in [0.15, 0.2) is 17.8 Å². The average molecular weight is 385 g/mol. The number of imidazole rings is 1. The van der Waals surface area contributed by atoms with Gasteiger partial charge in [-0.15, -0.1) is 0 Å². The second kappa shape index (κ2) is 4.85. The van der Waals surface area contributed by atoms with Crippen LogP contribution in [0, 0.1) is 10.6 Å². The predicted octanol–water partition coefficient (Wildman–Crippen LogP) is 2.65. The summed E-state index contributed by atoms with van der Waals surface area (Å²) < 4.78 is 6.97. The normalized spacial score (nSPS) is 10.8. The molecule has 0 amide bonds. The van der Waals surface area contributed by atoms with E-state index in [0.717, 1.165) is 26.3 Å². The van der Waals surface area contributed by atoms with Gasteiger partial charge in [-0.25, -0.2) is 9.97 Å². The van der Waals surface area contributed by atoms with Crippen molar-refractivity contribution in [3.8, 4) is 0 Å². The molecule has 96 valence electrons. The molecule has 0 bridgehead atoms. The van der Waals surface area contributed by atoms with Crippen LogP contribution in [0.3, 0.4) is 0 Å². The van der Waals surface area contributed by atoms with Gasteiger partial charge in [-0.1, -0.05) is 0 Å². The van der Waals surface area contributed by atoms with E-state index in [-0.39, 0.29) is 0 Å². The van der Waals surface area contributed by atoms with Gasteiger partial charge in [0, 0.05) is 12.3 Å². The van der Waals surface area contributed by atoms with Crippen molar-refractivity contribution in [2.45, 2.75) is 6.92 Å². The Labute approximate surface area is 126 Å². The van der Waals surface area contributed by atoms with Crippen LogP contribution in [0.25, 0.3) is 5.65 Å². The first-order valence-electron chi connectivity index (χ1n) is 5.36. The molecule has 0 aliphatic rings. The van der Waals surface area contributed by atoms with Gasteiger partial charge in [0.1, 0.15) is 14.4 Å². The number of aryl methyl sites for hydroxylation is 1. The molecule has 0 unspecified atom stereocenters. The van der Waals surface area contributed by atoms with Crippen LogP contribution in [0.5, 0.6) is 0 Å². The summed E-state index contributed by atoms with van der Waals surface area (Å²) >= 11 is 3.44. The van der Waals surface area contributed by atoms with E-state index < -0.39 is 0 Å². The minimum Gasteiger partial charge on any atom is -0.328 e. The molecule has 6 nitrogen and oxygen atoms in total. The summed E-state index contributed by atoms with van der Waals surface area (Å²) in [6, 6.07) is 1.69. The molecule has 8 heteroatoms. The maximum atomic E-state index is 10.6. The highest BCUT2D eigenvalue weighted by molar-refractivity contribution is 14.1. The highest BCUT2D eigenvalue weighted by atomic mass is 127. The summed E-state index contributed by atoms with van der Waals surface area (Å²) in [5.41, 5.74) is 2.04. The van der Waals surface area contributed by atoms with E-state index in [9.17, 15) is 4.79 Å². The molecule has 3 aromatic rings. The number of nitrogens with zero attached hydrogens (tertiary/aromatic N) is 4. The number of aromatic nitrogens is 4. The zero-order valence-corrected chi connectivity index (χ0v) is 12.8. The van der Waals surface area contributed by atoms with Crippen LogP contribution in [-0.4, -0.2) is 25.0 Å². The molecular weight excluding hydrogens is 377 g/mol. The Morgan fingerprint density at radius 3 is 3.11 bits per heavy atom. The third-order valence-electron chi connectivity index (χ3n) is 2.46. The van der Waals surface area contributed by atoms with E-state index in [1.54, 1.807) is 12.3 Å². The number of anilines is 2. The quantitative estimate of drug-likeness (QED) is 0.555. The van der Waals surface area contributed by atoms with Crippen molar-refractivity contribution in [1.82, 2.24) is 18.7 Å². The SMILES string of the molecule is Cc1cn2c(I)cnc2c(Nc2cc(C=O)ns2)n1. The summed E-state index contributed by atoms with van der Waals surface area (Å²) in [5, 5.41) is 3.92. The lowest BCUT2D eigenvalue weighted by atomic mass is 10.4. The van der Waals surface area contributed by atoms with Crippen LogP contribution in [0.2, 0.25) is 0 Å². The molecule has 0 spiro atoms. The van der Waals surface area contributed by atoms with Gasteiger partial charge in [-0.05, 0) is 41.0 Å². The first kappa shape index (κ1) is 12.5. The lowest BCUT2D eigenvalue weighted by Crippen LogP contribution is -2.00. The Morgan fingerprint density at radius 1 is 1.53 bits per heavy atom. The van der Waals surface area contributed by atoms with Crippen LogP contribution in [0.15, 0.2) is 18.5 Å². The van der Waals surface area contributed by atoms with E-state index in [2.05, 4.69) is 42.2 Å². The molecule has 0 aromatic carbocycles. The molecule has 0 radical (unpaired) electrons. The van der Waals surface area contributed by atoms with Crippen molar-refractivity contribution in [2.75, 3.05) is 5.32 Å². The third kappa shape index (κ3) is 2.32. The number of hydrogen-bond acceptors (Lipinski definition) is 6. The van der Waals surface area contributed by atoms with Gasteiger partial charge in [0.2, 0.25) is 0 Å². The first-order valence-corrected chi connectivity index (χ1v) is 7.21. The Hall–Kier alpha value is -1.55. The Kier molecular flexibility index (Phi) is 3.19. The second-order valence-electron chi connectivity index (χ2n) is 3.86. The van der Waals surface area contributed by atoms with Crippen LogP contribution in [0.1, 0.15) is 16.2 Å². The fraction of sp³-hybridized carbons (Fsp3) is 0.0909. The van der Waals surface area contributed by atoms with Crippen molar-refractivity contribution in [3.63, 3.8) is 0 Å². The highest BCUT2D eigenvalue weighted by Gasteiger charge is 2.10. The number of nitrogens with one attached hydrogen (secondary N) is 1. The summed E-state index contributed by atoms with van der Waals surface area (Å²) in [4.78, 5) is 19.4. The molecule has 3 aromatic heterocycles. The molecule has 0 aliphatic carbocycles. The zero-order chi connectivity index (χ0) is 13.4. The Balaban J connectivity index is 2.06. The first-order chi connectivity index (χ1) is 9.17. The molecule has 1 N–H and O–H groups in total. The lowest BCUT2D eigenvalue weighted by Gasteiger charge is -2.06. The third-order valence-corrected chi connectivity index (χ3v) is 3.98. The molecule has 0 atom stereocenters. The summed E-state index contributed by atoms with van der Waals surface area (Å²) in [6.07, 6.45) is 4.43. The summed E-state index contributed by atoms with van der Waals surface area (Å²) in [7, 11) is 0. The van der Waals surface area contributed by atoms with Crippen molar-refractivity contribution in [2.24, 2.45) is 0 Å². The van der Waals surface area contributed by atoms with E-state index in [4.69, 9.17) is 0 Å². The summed E-state index contributed by atoms with van der Waals surface area (Å²) in [6.45, 7) is 1.92. The van der Waals surface area contributed by atoms with E-state index in [1.165, 1.54) is 11.5 Å². The standard InChI is InChI=1S/C11H8IN5OS/c1-6-4-17-8(12)3-13-11(17)10(14-6)15-9-2-7(5-18)16-19-9/h2-5H,1H3,(H,14,15). The maximum Gasteiger partial charge on any atom is 0.181 e. The number of hydrogen-bond donors (Lipinski definition) is 1. The van der Waals surface area contributed by atoms with Crippen molar-refractivity contribution >= 4 is 56.9 Å². The van der Waals surface area contributed by atoms with Gasteiger partial charge in [0.05, 0.1) is 11.9 Å². The van der Waals surface area contributed by atoms with Gasteiger partial charge >= 0.3 is 0 Å². The Bertz CT molecular complexity index is 766. The number of carbonyl (C=O) groups excluding carboxylic acids is 1. The zero-order valence-electron chi connectivity index (χ0n) is 9.79. The minimum atomic E-state index is 0.411. The topological polar surface area (TPSA) is 72.2 Å². The molecule has 19 heavy (non-hydrogen) atoms. The number of halogens is 1. The molecule has 3 rings (SSSR count). The van der Waals surface area contributed by atoms with Crippen LogP contribution < -0.4 is 5.32 Å². The van der Waals surface area contributed by atoms with Gasteiger partial charge in [0.25, 0.3) is 0 Å². The predicted molar refractivity (Wildman–Crippen MR) is 81.2 cm³/mol. The van der Waals surface area contributed by atoms with E-state index in [1.807, 2.05) is 17.5 Å². The van der Waals surface area contributed by atoms with E-state index >= 15 is 0 Å². The van der Waals surface area contributed by atoms with Crippen molar-refractivity contribution in [1.29, 1.82) is 0 Å². The van der Waals surface area contributed by atoms with Crippen LogP contribution >= 0.6 is 34.1 Å². The average Bonchev–Trinajstić information content (AvgIpc) is 2.97. The van der Waals surface area contributed by atoms with Gasteiger partial charge in [-0.2, -0.15) is 4.37 Å². The van der Waals surface area contributed by atoms with Crippen LogP contribution in [0.4, 0.5) is 10.8 Å². The van der Waals surface area contributed by atoms with E-state index in [0.29, 0.717) is 11.5 Å². The number of carbonyl (C=O) groups is 1. The maximum absolute atomic E-state index is 10.6. The lowest BCUT2D eigenvalue weighted by molar-refractivity contribution is 0.112.